The van der Waals surface area contributed by atoms with E-state index in [1.807, 2.05) is 24.3 Å². The van der Waals surface area contributed by atoms with Gasteiger partial charge in [-0.3, -0.25) is 9.69 Å². The Morgan fingerprint density at radius 3 is 3.00 bits per heavy atom. The second-order valence-corrected chi connectivity index (χ2v) is 6.27. The second kappa shape index (κ2) is 6.48. The van der Waals surface area contributed by atoms with Crippen LogP contribution >= 0.6 is 0 Å². The summed E-state index contributed by atoms with van der Waals surface area (Å²) < 4.78 is 0. The van der Waals surface area contributed by atoms with Crippen molar-refractivity contribution in [1.82, 2.24) is 9.80 Å². The van der Waals surface area contributed by atoms with E-state index in [0.29, 0.717) is 18.4 Å². The fraction of sp³-hybridized carbons (Fsp3) is 0.588. The lowest BCUT2D eigenvalue weighted by atomic mass is 9.99. The third-order valence-corrected chi connectivity index (χ3v) is 4.77. The summed E-state index contributed by atoms with van der Waals surface area (Å²) >= 11 is 0. The minimum absolute atomic E-state index is 0.294. The van der Waals surface area contributed by atoms with E-state index in [1.54, 1.807) is 0 Å². The molecule has 3 rings (SSSR count). The summed E-state index contributed by atoms with van der Waals surface area (Å²) in [6.45, 7) is 4.09. The molecule has 1 aromatic rings. The van der Waals surface area contributed by atoms with Crippen LogP contribution in [-0.2, 0) is 11.2 Å². The van der Waals surface area contributed by atoms with Gasteiger partial charge in [0.2, 0.25) is 5.91 Å². The average Bonchev–Trinajstić information content (AvgIpc) is 2.52. The van der Waals surface area contributed by atoms with E-state index in [1.165, 1.54) is 25.8 Å². The summed E-state index contributed by atoms with van der Waals surface area (Å²) in [5, 5.41) is 0. The first-order valence-corrected chi connectivity index (χ1v) is 8.08. The van der Waals surface area contributed by atoms with Crippen molar-refractivity contribution in [1.29, 1.82) is 0 Å². The van der Waals surface area contributed by atoms with Crippen molar-refractivity contribution in [2.45, 2.75) is 38.1 Å². The standard InChI is InChI=1S/C17H25N3O/c18-15-5-3-4-14(12-15)7-8-17(21)20-11-10-19-9-2-1-6-16(19)13-20/h3-5,12,16H,1-2,6-11,13,18H2. The topological polar surface area (TPSA) is 49.6 Å². The lowest BCUT2D eigenvalue weighted by Gasteiger charge is -2.44. The lowest BCUT2D eigenvalue weighted by molar-refractivity contribution is -0.134. The third kappa shape index (κ3) is 3.56. The Morgan fingerprint density at radius 1 is 1.24 bits per heavy atom. The summed E-state index contributed by atoms with van der Waals surface area (Å²) in [6, 6.07) is 8.45. The minimum atomic E-state index is 0.294. The van der Waals surface area contributed by atoms with Gasteiger partial charge in [0.25, 0.3) is 0 Å². The van der Waals surface area contributed by atoms with Crippen LogP contribution in [0.5, 0.6) is 0 Å². The van der Waals surface area contributed by atoms with Crippen molar-refractivity contribution in [2.24, 2.45) is 0 Å². The van der Waals surface area contributed by atoms with Gasteiger partial charge in [-0.1, -0.05) is 18.6 Å². The van der Waals surface area contributed by atoms with Crippen molar-refractivity contribution in [3.8, 4) is 0 Å². The number of nitrogen functional groups attached to an aromatic ring is 1. The van der Waals surface area contributed by atoms with Gasteiger partial charge in [-0.15, -0.1) is 0 Å². The Morgan fingerprint density at radius 2 is 2.14 bits per heavy atom. The second-order valence-electron chi connectivity index (χ2n) is 6.27. The van der Waals surface area contributed by atoms with Crippen LogP contribution in [0.2, 0.25) is 0 Å². The normalized spacial score (nSPS) is 22.9. The van der Waals surface area contributed by atoms with Gasteiger partial charge >= 0.3 is 0 Å². The zero-order valence-corrected chi connectivity index (χ0v) is 12.6. The highest BCUT2D eigenvalue weighted by atomic mass is 16.2. The molecule has 1 atom stereocenters. The molecule has 1 unspecified atom stereocenters. The van der Waals surface area contributed by atoms with Gasteiger partial charge < -0.3 is 10.6 Å². The molecule has 2 N–H and O–H groups in total. The minimum Gasteiger partial charge on any atom is -0.399 e. The van der Waals surface area contributed by atoms with Crippen molar-refractivity contribution in [2.75, 3.05) is 31.9 Å². The van der Waals surface area contributed by atoms with Crippen molar-refractivity contribution in [3.63, 3.8) is 0 Å². The molecular formula is C17H25N3O. The number of fused-ring (bicyclic) bond motifs is 1. The summed E-state index contributed by atoms with van der Waals surface area (Å²) in [5.41, 5.74) is 7.71. The van der Waals surface area contributed by atoms with Crippen LogP contribution in [0.1, 0.15) is 31.2 Å². The number of rotatable bonds is 3. The fourth-order valence-corrected chi connectivity index (χ4v) is 3.54. The molecule has 4 nitrogen and oxygen atoms in total. The molecule has 2 saturated heterocycles. The van der Waals surface area contributed by atoms with Gasteiger partial charge in [0.05, 0.1) is 0 Å². The molecule has 21 heavy (non-hydrogen) atoms. The van der Waals surface area contributed by atoms with E-state index in [4.69, 9.17) is 5.73 Å². The predicted molar refractivity (Wildman–Crippen MR) is 85.0 cm³/mol. The Bertz CT molecular complexity index is 503. The number of piperazine rings is 1. The van der Waals surface area contributed by atoms with Crippen molar-refractivity contribution >= 4 is 11.6 Å². The molecule has 0 aromatic heterocycles. The average molecular weight is 287 g/mol. The number of hydrogen-bond acceptors (Lipinski definition) is 3. The first kappa shape index (κ1) is 14.4. The number of carbonyl (C=O) groups excluding carboxylic acids is 1. The van der Waals surface area contributed by atoms with Crippen LogP contribution < -0.4 is 5.73 Å². The lowest BCUT2D eigenvalue weighted by Crippen LogP contribution is -2.56. The highest BCUT2D eigenvalue weighted by Gasteiger charge is 2.30. The molecule has 0 saturated carbocycles. The molecule has 2 aliphatic rings. The van der Waals surface area contributed by atoms with Gasteiger partial charge in [0, 0.05) is 37.8 Å². The maximum absolute atomic E-state index is 12.4. The summed E-state index contributed by atoms with van der Waals surface area (Å²) in [7, 11) is 0. The Hall–Kier alpha value is -1.55. The van der Waals surface area contributed by atoms with Crippen LogP contribution in [0.3, 0.4) is 0 Å². The summed E-state index contributed by atoms with van der Waals surface area (Å²) in [4.78, 5) is 17.0. The van der Waals surface area contributed by atoms with Gasteiger partial charge in [-0.25, -0.2) is 0 Å². The van der Waals surface area contributed by atoms with Crippen LogP contribution in [0.25, 0.3) is 0 Å². The molecule has 2 heterocycles. The van der Waals surface area contributed by atoms with E-state index in [0.717, 1.165) is 37.3 Å². The van der Waals surface area contributed by atoms with E-state index in [9.17, 15) is 4.79 Å². The zero-order chi connectivity index (χ0) is 14.7. The smallest absolute Gasteiger partial charge is 0.222 e. The largest absolute Gasteiger partial charge is 0.399 e. The molecule has 114 valence electrons. The number of amides is 1. The number of carbonyl (C=O) groups is 1. The number of benzene rings is 1. The monoisotopic (exact) mass is 287 g/mol. The zero-order valence-electron chi connectivity index (χ0n) is 12.6. The summed E-state index contributed by atoms with van der Waals surface area (Å²) in [6.07, 6.45) is 5.26. The first-order valence-electron chi connectivity index (χ1n) is 8.08. The highest BCUT2D eigenvalue weighted by molar-refractivity contribution is 5.76. The summed E-state index contributed by atoms with van der Waals surface area (Å²) in [5.74, 6) is 0.294. The van der Waals surface area contributed by atoms with E-state index < -0.39 is 0 Å². The number of nitrogens with zero attached hydrogens (tertiary/aromatic N) is 2. The molecule has 0 aliphatic carbocycles. The Balaban J connectivity index is 1.51. The van der Waals surface area contributed by atoms with Crippen LogP contribution in [0.4, 0.5) is 5.69 Å². The van der Waals surface area contributed by atoms with Crippen LogP contribution in [0.15, 0.2) is 24.3 Å². The Kier molecular flexibility index (Phi) is 4.44. The number of nitrogens with two attached hydrogens (primary N) is 1. The predicted octanol–water partition coefficient (Wildman–Crippen LogP) is 1.90. The van der Waals surface area contributed by atoms with Crippen LogP contribution in [0, 0.1) is 0 Å². The molecular weight excluding hydrogens is 262 g/mol. The highest BCUT2D eigenvalue weighted by Crippen LogP contribution is 2.21. The fourth-order valence-electron chi connectivity index (χ4n) is 3.54. The Labute approximate surface area is 126 Å². The molecule has 1 amide bonds. The molecule has 0 spiro atoms. The van der Waals surface area contributed by atoms with Crippen molar-refractivity contribution in [3.05, 3.63) is 29.8 Å². The van der Waals surface area contributed by atoms with Gasteiger partial charge in [-0.2, -0.15) is 0 Å². The molecule has 2 aliphatic heterocycles. The van der Waals surface area contributed by atoms with Gasteiger partial charge in [0.1, 0.15) is 0 Å². The van der Waals surface area contributed by atoms with E-state index >= 15 is 0 Å². The van der Waals surface area contributed by atoms with Crippen molar-refractivity contribution < 1.29 is 4.79 Å². The SMILES string of the molecule is Nc1cccc(CCC(=O)N2CCN3CCCCC3C2)c1. The maximum atomic E-state index is 12.4. The third-order valence-electron chi connectivity index (χ3n) is 4.77. The first-order chi connectivity index (χ1) is 10.2. The number of aryl methyl sites for hydroxylation is 1. The maximum Gasteiger partial charge on any atom is 0.222 e. The van der Waals surface area contributed by atoms with E-state index in [2.05, 4.69) is 9.80 Å². The molecule has 0 bridgehead atoms. The number of hydrogen-bond donors (Lipinski definition) is 1. The quantitative estimate of drug-likeness (QED) is 0.864. The molecule has 1 aromatic carbocycles. The van der Waals surface area contributed by atoms with Gasteiger partial charge in [0.15, 0.2) is 0 Å². The van der Waals surface area contributed by atoms with Gasteiger partial charge in [-0.05, 0) is 43.5 Å². The molecule has 4 heteroatoms. The molecule has 2 fully saturated rings. The van der Waals surface area contributed by atoms with E-state index in [-0.39, 0.29) is 0 Å². The van der Waals surface area contributed by atoms with Crippen LogP contribution in [-0.4, -0.2) is 47.9 Å². The number of anilines is 1. The number of piperidine rings is 1. The molecule has 0 radical (unpaired) electrons.